The number of benzene rings is 1. The summed E-state index contributed by atoms with van der Waals surface area (Å²) in [4.78, 5) is 0. The summed E-state index contributed by atoms with van der Waals surface area (Å²) in [5, 5.41) is 0. The zero-order valence-corrected chi connectivity index (χ0v) is 16.0. The standard InChI is InChI=1S/C13H13.C4H10N.2ClH.Ti/c1-10-6-3-4-8-12(10)13-9-5-7-11(13)2;1-2-3-4-5;;;/h3-8H,1,9H2,2H3;5H,2-4H2,1H3;2*1H;/q;-1;;;+1. The minimum Gasteiger partial charge on any atom is -0.147 e. The molecule has 0 amide bonds. The third-order valence-corrected chi connectivity index (χ3v) is 5.22. The average Bonchev–Trinajstić information content (AvgIpc) is 2.85. The zero-order valence-electron chi connectivity index (χ0n) is 12.8. The van der Waals surface area contributed by atoms with E-state index in [0.717, 1.165) is 6.42 Å². The first-order valence-electron chi connectivity index (χ1n) is 7.23. The molecule has 0 unspecified atom stereocenters. The molecule has 0 atom stereocenters. The maximum atomic E-state index is 3.66. The zero-order chi connectivity index (χ0) is 13.5. The van der Waals surface area contributed by atoms with Crippen molar-refractivity contribution < 1.29 is 19.4 Å². The summed E-state index contributed by atoms with van der Waals surface area (Å²) < 4.78 is 4.90. The molecule has 0 radical (unpaired) electrons. The van der Waals surface area contributed by atoms with Crippen molar-refractivity contribution in [1.82, 2.24) is 3.80 Å². The van der Waals surface area contributed by atoms with E-state index in [1.54, 1.807) is 0 Å². The van der Waals surface area contributed by atoms with Gasteiger partial charge in [0.15, 0.2) is 0 Å². The van der Waals surface area contributed by atoms with Gasteiger partial charge in [-0.1, -0.05) is 0 Å². The van der Waals surface area contributed by atoms with E-state index < -0.39 is 0 Å². The molecule has 0 fully saturated rings. The summed E-state index contributed by atoms with van der Waals surface area (Å²) in [5.74, 6) is 0. The number of unbranched alkanes of at least 4 members (excludes halogenated alkanes) is 1. The van der Waals surface area contributed by atoms with Crippen molar-refractivity contribution in [2.45, 2.75) is 37.8 Å². The first-order valence-corrected chi connectivity index (χ1v) is 9.11. The molecule has 1 aromatic carbocycles. The largest absolute Gasteiger partial charge is 0.147 e. The second kappa shape index (κ2) is 11.5. The number of rotatable bonds is 7. The van der Waals surface area contributed by atoms with Crippen LogP contribution >= 0.6 is 24.8 Å². The fraction of sp³-hybridized carbons (Fsp3) is 0.412. The predicted molar refractivity (Wildman–Crippen MR) is 93.9 cm³/mol. The van der Waals surface area contributed by atoms with Crippen LogP contribution in [0.3, 0.4) is 0 Å². The maximum Gasteiger partial charge on any atom is -0.147 e. The summed E-state index contributed by atoms with van der Waals surface area (Å²) in [6.07, 6.45) is 8.22. The van der Waals surface area contributed by atoms with Gasteiger partial charge in [-0.2, -0.15) is 0 Å². The van der Waals surface area contributed by atoms with Gasteiger partial charge in [-0.15, -0.1) is 24.8 Å². The molecule has 1 aliphatic carbocycles. The van der Waals surface area contributed by atoms with Crippen molar-refractivity contribution in [3.8, 4) is 0 Å². The van der Waals surface area contributed by atoms with Gasteiger partial charge in [0.25, 0.3) is 0 Å². The molecule has 0 aromatic heterocycles. The van der Waals surface area contributed by atoms with Crippen LogP contribution in [-0.2, 0) is 24.1 Å². The Morgan fingerprint density at radius 3 is 2.62 bits per heavy atom. The van der Waals surface area contributed by atoms with Gasteiger partial charge < -0.3 is 0 Å². The van der Waals surface area contributed by atoms with E-state index in [9.17, 15) is 0 Å². The summed E-state index contributed by atoms with van der Waals surface area (Å²) >= 11 is -0.0409. The number of hydrogen-bond acceptors (Lipinski definition) is 1. The molecule has 4 heteroatoms. The first-order chi connectivity index (χ1) is 9.33. The molecule has 0 spiro atoms. The molecule has 1 aromatic rings. The van der Waals surface area contributed by atoms with E-state index in [4.69, 9.17) is 0 Å². The predicted octanol–water partition coefficient (Wildman–Crippen LogP) is 5.15. The maximum absolute atomic E-state index is 3.66. The van der Waals surface area contributed by atoms with Crippen LogP contribution in [0.25, 0.3) is 5.57 Å². The number of hydrogen-bond donors (Lipinski definition) is 1. The molecule has 2 rings (SSSR count). The van der Waals surface area contributed by atoms with E-state index in [-0.39, 0.29) is 44.2 Å². The van der Waals surface area contributed by atoms with Gasteiger partial charge in [-0.25, -0.2) is 0 Å². The van der Waals surface area contributed by atoms with Crippen LogP contribution in [0.5, 0.6) is 0 Å². The van der Waals surface area contributed by atoms with Gasteiger partial charge in [-0.3, -0.25) is 0 Å². The second-order valence-electron chi connectivity index (χ2n) is 5.06. The third-order valence-electron chi connectivity index (χ3n) is 3.57. The molecular weight excluding hydrogens is 337 g/mol. The molecule has 116 valence electrons. The van der Waals surface area contributed by atoms with Crippen molar-refractivity contribution in [2.24, 2.45) is 0 Å². The summed E-state index contributed by atoms with van der Waals surface area (Å²) in [6.45, 7) is 5.67. The molecule has 1 N–H and O–H groups in total. The van der Waals surface area contributed by atoms with Crippen LogP contribution in [0, 0.1) is 0 Å². The van der Waals surface area contributed by atoms with Gasteiger partial charge in [0.05, 0.1) is 0 Å². The Hall–Kier alpha value is -0.0457. The van der Waals surface area contributed by atoms with Crippen LogP contribution in [0.4, 0.5) is 0 Å². The molecule has 0 aliphatic heterocycles. The average molecular weight is 362 g/mol. The summed E-state index contributed by atoms with van der Waals surface area (Å²) in [7, 11) is 0. The van der Waals surface area contributed by atoms with Gasteiger partial charge in [-0.05, 0) is 0 Å². The Morgan fingerprint density at radius 2 is 1.95 bits per heavy atom. The fourth-order valence-corrected chi connectivity index (χ4v) is 3.94. The SMILES string of the molecule is CCCC[NH][Ti][CH2]c1ccccc1C1=C(C)C=CC1.Cl.Cl. The Bertz CT molecular complexity index is 483. The minimum atomic E-state index is -0.0409. The number of halogens is 2. The van der Waals surface area contributed by atoms with E-state index in [1.165, 1.54) is 46.4 Å². The quantitative estimate of drug-likeness (QED) is 0.523. The van der Waals surface area contributed by atoms with Crippen molar-refractivity contribution >= 4 is 30.4 Å². The van der Waals surface area contributed by atoms with E-state index in [0.29, 0.717) is 0 Å². The molecule has 21 heavy (non-hydrogen) atoms. The topological polar surface area (TPSA) is 12.0 Å². The molecule has 0 bridgehead atoms. The van der Waals surface area contributed by atoms with Crippen molar-refractivity contribution in [3.05, 3.63) is 53.1 Å². The molecule has 0 saturated carbocycles. The Morgan fingerprint density at radius 1 is 1.19 bits per heavy atom. The fourth-order valence-electron chi connectivity index (χ4n) is 2.42. The second-order valence-corrected chi connectivity index (χ2v) is 6.72. The van der Waals surface area contributed by atoms with E-state index >= 15 is 0 Å². The summed E-state index contributed by atoms with van der Waals surface area (Å²) in [6, 6.07) is 8.94. The summed E-state index contributed by atoms with van der Waals surface area (Å²) in [5.41, 5.74) is 5.97. The van der Waals surface area contributed by atoms with Crippen LogP contribution in [0.2, 0.25) is 0 Å². The Balaban J connectivity index is 0.00000200. The third kappa shape index (κ3) is 6.30. The van der Waals surface area contributed by atoms with Crippen LogP contribution < -0.4 is 3.80 Å². The molecular formula is C17H25Cl2NTi. The van der Waals surface area contributed by atoms with E-state index in [2.05, 4.69) is 54.1 Å². The van der Waals surface area contributed by atoms with Crippen LogP contribution in [-0.4, -0.2) is 6.54 Å². The number of allylic oxidation sites excluding steroid dienone is 4. The van der Waals surface area contributed by atoms with Gasteiger partial charge in [0.1, 0.15) is 0 Å². The molecule has 0 heterocycles. The minimum absolute atomic E-state index is 0. The van der Waals surface area contributed by atoms with E-state index in [1.807, 2.05) is 0 Å². The number of nitrogens with one attached hydrogen (secondary N) is 1. The van der Waals surface area contributed by atoms with Gasteiger partial charge >= 0.3 is 126 Å². The molecule has 0 saturated heterocycles. The monoisotopic (exact) mass is 361 g/mol. The Labute approximate surface area is 150 Å². The normalized spacial score (nSPS) is 12.9. The molecule has 1 nitrogen and oxygen atoms in total. The first kappa shape index (κ1) is 21.0. The van der Waals surface area contributed by atoms with Crippen molar-refractivity contribution in [3.63, 3.8) is 0 Å². The van der Waals surface area contributed by atoms with Crippen LogP contribution in [0.1, 0.15) is 44.2 Å². The van der Waals surface area contributed by atoms with Crippen molar-refractivity contribution in [1.29, 1.82) is 0 Å². The van der Waals surface area contributed by atoms with Gasteiger partial charge in [0.2, 0.25) is 0 Å². The van der Waals surface area contributed by atoms with Crippen LogP contribution in [0.15, 0.2) is 42.0 Å². The molecule has 1 aliphatic rings. The van der Waals surface area contributed by atoms with Gasteiger partial charge in [0, 0.05) is 0 Å². The van der Waals surface area contributed by atoms with Crippen molar-refractivity contribution in [2.75, 3.05) is 6.54 Å². The Kier molecular flexibility index (Phi) is 11.5. The smallest absolute Gasteiger partial charge is 0.147 e.